The molecule has 19 heavy (non-hydrogen) atoms. The molecule has 0 aromatic heterocycles. The molecule has 0 saturated carbocycles. The van der Waals surface area contributed by atoms with Crippen LogP contribution in [0.4, 0.5) is 0 Å². The van der Waals surface area contributed by atoms with Gasteiger partial charge in [0, 0.05) is 17.5 Å². The summed E-state index contributed by atoms with van der Waals surface area (Å²) in [6, 6.07) is 13.1. The normalized spacial score (nSPS) is 13.2. The van der Waals surface area contributed by atoms with Crippen LogP contribution in [0.15, 0.2) is 42.5 Å². The van der Waals surface area contributed by atoms with Gasteiger partial charge < -0.3 is 9.47 Å². The van der Waals surface area contributed by atoms with E-state index in [1.54, 1.807) is 13.2 Å². The summed E-state index contributed by atoms with van der Waals surface area (Å²) in [5.41, 5.74) is 1.71. The number of carbonyl (C=O) groups excluding carboxylic acids is 1. The first-order chi connectivity index (χ1) is 9.29. The van der Waals surface area contributed by atoms with Crippen LogP contribution >= 0.6 is 0 Å². The summed E-state index contributed by atoms with van der Waals surface area (Å²) >= 11 is 0. The third-order valence-electron chi connectivity index (χ3n) is 3.31. The lowest BCUT2D eigenvalue weighted by Crippen LogP contribution is -1.97. The van der Waals surface area contributed by atoms with Crippen molar-refractivity contribution in [1.29, 1.82) is 0 Å². The van der Waals surface area contributed by atoms with Crippen LogP contribution in [0.1, 0.15) is 22.3 Å². The van der Waals surface area contributed by atoms with Crippen LogP contribution in [0.2, 0.25) is 0 Å². The molecule has 2 aromatic rings. The highest BCUT2D eigenvalue weighted by molar-refractivity contribution is 6.01. The number of hydrogen-bond acceptors (Lipinski definition) is 3. The van der Waals surface area contributed by atoms with E-state index in [2.05, 4.69) is 0 Å². The van der Waals surface area contributed by atoms with Crippen LogP contribution in [0.25, 0.3) is 0 Å². The summed E-state index contributed by atoms with van der Waals surface area (Å²) in [7, 11) is 1.61. The molecule has 0 spiro atoms. The Labute approximate surface area is 111 Å². The van der Waals surface area contributed by atoms with E-state index in [4.69, 9.17) is 9.47 Å². The Balaban J connectivity index is 2.06. The Morgan fingerprint density at radius 3 is 2.53 bits per heavy atom. The minimum Gasteiger partial charge on any atom is -0.493 e. The number of para-hydroxylation sites is 1. The van der Waals surface area contributed by atoms with E-state index in [-0.39, 0.29) is 5.78 Å². The zero-order chi connectivity index (χ0) is 13.2. The Morgan fingerprint density at radius 1 is 1.00 bits per heavy atom. The number of carbonyl (C=O) groups is 1. The van der Waals surface area contributed by atoms with Crippen molar-refractivity contribution < 1.29 is 14.3 Å². The predicted molar refractivity (Wildman–Crippen MR) is 72.2 cm³/mol. The number of Topliss-reactive ketones (excluding diaryl/α,β-unsaturated/α-hetero) is 1. The van der Waals surface area contributed by atoms with Gasteiger partial charge in [0.25, 0.3) is 0 Å². The Bertz CT molecular complexity index is 617. The number of ketones is 1. The lowest BCUT2D eigenvalue weighted by atomic mass is 10.1. The van der Waals surface area contributed by atoms with E-state index >= 15 is 0 Å². The fraction of sp³-hybridized carbons (Fsp3) is 0.188. The van der Waals surface area contributed by atoms with E-state index in [1.807, 2.05) is 36.4 Å². The second-order valence-corrected chi connectivity index (χ2v) is 4.46. The van der Waals surface area contributed by atoms with E-state index in [1.165, 1.54) is 0 Å². The molecule has 2 aromatic carbocycles. The molecule has 3 nitrogen and oxygen atoms in total. The van der Waals surface area contributed by atoms with Gasteiger partial charge in [0.1, 0.15) is 5.75 Å². The third kappa shape index (κ3) is 2.08. The molecule has 0 amide bonds. The monoisotopic (exact) mass is 254 g/mol. The standard InChI is InChI=1S/C16H14O3/c1-18-15-10-8-12-13(7-9-14(12)17)16(15)19-11-5-3-2-4-6-11/h2-6,8,10H,7,9H2,1H3. The average Bonchev–Trinajstić information content (AvgIpc) is 2.82. The van der Waals surface area contributed by atoms with Crippen LogP contribution in [0.3, 0.4) is 0 Å². The van der Waals surface area contributed by atoms with Crippen LogP contribution in [-0.2, 0) is 6.42 Å². The lowest BCUT2D eigenvalue weighted by molar-refractivity contribution is 0.0994. The highest BCUT2D eigenvalue weighted by Gasteiger charge is 2.25. The number of fused-ring (bicyclic) bond motifs is 1. The molecule has 0 unspecified atom stereocenters. The Hall–Kier alpha value is -2.29. The third-order valence-corrected chi connectivity index (χ3v) is 3.31. The van der Waals surface area contributed by atoms with E-state index < -0.39 is 0 Å². The van der Waals surface area contributed by atoms with Gasteiger partial charge in [0.05, 0.1) is 7.11 Å². The first kappa shape index (κ1) is 11.8. The molecule has 1 aliphatic rings. The van der Waals surface area contributed by atoms with Gasteiger partial charge in [0.15, 0.2) is 17.3 Å². The number of ether oxygens (including phenoxy) is 2. The van der Waals surface area contributed by atoms with Crippen molar-refractivity contribution in [3.63, 3.8) is 0 Å². The fourth-order valence-electron chi connectivity index (χ4n) is 2.37. The minimum absolute atomic E-state index is 0.176. The predicted octanol–water partition coefficient (Wildman–Crippen LogP) is 3.62. The van der Waals surface area contributed by atoms with Crippen molar-refractivity contribution in [2.45, 2.75) is 12.8 Å². The second kappa shape index (κ2) is 4.76. The van der Waals surface area contributed by atoms with Gasteiger partial charge in [-0.15, -0.1) is 0 Å². The summed E-state index contributed by atoms with van der Waals surface area (Å²) in [5, 5.41) is 0. The van der Waals surface area contributed by atoms with Crippen LogP contribution in [0, 0.1) is 0 Å². The molecule has 0 atom stereocenters. The molecule has 0 fully saturated rings. The first-order valence-corrected chi connectivity index (χ1v) is 6.25. The van der Waals surface area contributed by atoms with Gasteiger partial charge in [-0.1, -0.05) is 18.2 Å². The number of hydrogen-bond donors (Lipinski definition) is 0. The van der Waals surface area contributed by atoms with Gasteiger partial charge in [0.2, 0.25) is 0 Å². The number of rotatable bonds is 3. The Morgan fingerprint density at radius 2 is 1.79 bits per heavy atom. The zero-order valence-corrected chi connectivity index (χ0v) is 10.7. The molecule has 0 radical (unpaired) electrons. The van der Waals surface area contributed by atoms with Gasteiger partial charge in [-0.2, -0.15) is 0 Å². The molecule has 3 heteroatoms. The highest BCUT2D eigenvalue weighted by Crippen LogP contribution is 2.40. The summed E-state index contributed by atoms with van der Waals surface area (Å²) in [5.74, 6) is 2.25. The van der Waals surface area contributed by atoms with E-state index in [9.17, 15) is 4.79 Å². The summed E-state index contributed by atoms with van der Waals surface area (Å²) in [6.07, 6.45) is 1.27. The van der Waals surface area contributed by atoms with Crippen LogP contribution in [0.5, 0.6) is 17.2 Å². The molecular formula is C16H14O3. The SMILES string of the molecule is COc1ccc2c(c1Oc1ccccc1)CCC2=O. The van der Waals surface area contributed by atoms with Gasteiger partial charge in [-0.25, -0.2) is 0 Å². The minimum atomic E-state index is 0.176. The van der Waals surface area contributed by atoms with Crippen molar-refractivity contribution in [3.05, 3.63) is 53.6 Å². The van der Waals surface area contributed by atoms with Crippen molar-refractivity contribution >= 4 is 5.78 Å². The van der Waals surface area contributed by atoms with Crippen molar-refractivity contribution in [2.24, 2.45) is 0 Å². The Kier molecular flexibility index (Phi) is 2.95. The molecule has 1 aliphatic carbocycles. The fourth-order valence-corrected chi connectivity index (χ4v) is 2.37. The second-order valence-electron chi connectivity index (χ2n) is 4.46. The molecule has 0 bridgehead atoms. The summed E-state index contributed by atoms with van der Waals surface area (Å²) in [4.78, 5) is 11.8. The van der Waals surface area contributed by atoms with Crippen LogP contribution < -0.4 is 9.47 Å². The topological polar surface area (TPSA) is 35.5 Å². The molecule has 96 valence electrons. The quantitative estimate of drug-likeness (QED) is 0.839. The molecule has 0 saturated heterocycles. The summed E-state index contributed by atoms with van der Waals surface area (Å²) in [6.45, 7) is 0. The molecule has 0 aliphatic heterocycles. The number of benzene rings is 2. The molecule has 0 N–H and O–H groups in total. The van der Waals surface area contributed by atoms with Crippen LogP contribution in [-0.4, -0.2) is 12.9 Å². The van der Waals surface area contributed by atoms with E-state index in [0.717, 1.165) is 16.9 Å². The highest BCUT2D eigenvalue weighted by atomic mass is 16.5. The lowest BCUT2D eigenvalue weighted by Gasteiger charge is -2.14. The smallest absolute Gasteiger partial charge is 0.173 e. The van der Waals surface area contributed by atoms with Gasteiger partial charge in [-0.3, -0.25) is 4.79 Å². The van der Waals surface area contributed by atoms with Crippen molar-refractivity contribution in [2.75, 3.05) is 7.11 Å². The average molecular weight is 254 g/mol. The summed E-state index contributed by atoms with van der Waals surface area (Å²) < 4.78 is 11.3. The van der Waals surface area contributed by atoms with Gasteiger partial charge >= 0.3 is 0 Å². The maximum atomic E-state index is 11.8. The van der Waals surface area contributed by atoms with Crippen molar-refractivity contribution in [1.82, 2.24) is 0 Å². The van der Waals surface area contributed by atoms with E-state index in [0.29, 0.717) is 24.3 Å². The molecule has 3 rings (SSSR count). The maximum absolute atomic E-state index is 11.8. The maximum Gasteiger partial charge on any atom is 0.173 e. The molecular weight excluding hydrogens is 240 g/mol. The zero-order valence-electron chi connectivity index (χ0n) is 10.7. The first-order valence-electron chi connectivity index (χ1n) is 6.25. The largest absolute Gasteiger partial charge is 0.493 e. The number of methoxy groups -OCH3 is 1. The molecule has 0 heterocycles. The van der Waals surface area contributed by atoms with Crippen molar-refractivity contribution in [3.8, 4) is 17.2 Å². The van der Waals surface area contributed by atoms with Gasteiger partial charge in [-0.05, 0) is 30.7 Å².